The highest BCUT2D eigenvalue weighted by molar-refractivity contribution is 6.25. The Morgan fingerprint density at radius 2 is 1.67 bits per heavy atom. The SMILES string of the molecule is CC1=CC(=O)C2=C(C[C@@H]3C(=CC[C@@H]4C(=O)N(c5ccc(-c6nc7ccccc7o6)cc5)C(=O)[C@@H]43)[C@@H]2c2cccc(C)c2O)C1=O. The van der Waals surface area contributed by atoms with Gasteiger partial charge < -0.3 is 9.52 Å². The molecule has 2 heterocycles. The van der Waals surface area contributed by atoms with Gasteiger partial charge in [-0.25, -0.2) is 4.98 Å². The molecule has 2 amide bonds. The number of phenols is 1. The van der Waals surface area contributed by atoms with E-state index in [-0.39, 0.29) is 35.6 Å². The molecule has 4 atom stereocenters. The second kappa shape index (κ2) is 9.82. The molecule has 4 aliphatic rings. The van der Waals surface area contributed by atoms with E-state index in [1.807, 2.05) is 36.4 Å². The number of oxazole rings is 1. The van der Waals surface area contributed by atoms with Crippen molar-refractivity contribution in [1.29, 1.82) is 0 Å². The molecule has 1 fully saturated rings. The minimum Gasteiger partial charge on any atom is -0.507 e. The Bertz CT molecular complexity index is 2060. The molecule has 1 aromatic heterocycles. The smallest absolute Gasteiger partial charge is 0.238 e. The number of anilines is 1. The normalized spacial score (nSPS) is 24.4. The van der Waals surface area contributed by atoms with Crippen molar-refractivity contribution >= 4 is 40.2 Å². The van der Waals surface area contributed by atoms with Crippen molar-refractivity contribution in [2.24, 2.45) is 17.8 Å². The number of aromatic nitrogens is 1. The first-order valence-corrected chi connectivity index (χ1v) is 15.1. The van der Waals surface area contributed by atoms with Crippen molar-refractivity contribution in [1.82, 2.24) is 4.98 Å². The predicted octanol–water partition coefficient (Wildman–Crippen LogP) is 6.14. The van der Waals surface area contributed by atoms with Gasteiger partial charge in [-0.1, -0.05) is 42.0 Å². The molecule has 0 spiro atoms. The van der Waals surface area contributed by atoms with Gasteiger partial charge >= 0.3 is 0 Å². The van der Waals surface area contributed by atoms with E-state index in [9.17, 15) is 24.3 Å². The number of aromatic hydroxyl groups is 1. The Morgan fingerprint density at radius 3 is 2.44 bits per heavy atom. The molecule has 0 radical (unpaired) electrons. The minimum absolute atomic E-state index is 0.0547. The topological polar surface area (TPSA) is 118 Å². The van der Waals surface area contributed by atoms with Gasteiger partial charge in [0.15, 0.2) is 17.1 Å². The van der Waals surface area contributed by atoms with Crippen molar-refractivity contribution in [2.75, 3.05) is 4.90 Å². The van der Waals surface area contributed by atoms with E-state index in [0.717, 1.165) is 11.1 Å². The van der Waals surface area contributed by atoms with Crippen LogP contribution in [-0.4, -0.2) is 33.5 Å². The van der Waals surface area contributed by atoms with E-state index in [1.165, 1.54) is 11.0 Å². The van der Waals surface area contributed by atoms with Crippen LogP contribution in [-0.2, 0) is 19.2 Å². The van der Waals surface area contributed by atoms with E-state index in [4.69, 9.17) is 4.42 Å². The molecule has 3 aromatic carbocycles. The van der Waals surface area contributed by atoms with E-state index >= 15 is 0 Å². The van der Waals surface area contributed by atoms with Crippen LogP contribution in [0.4, 0.5) is 5.69 Å². The molecule has 8 heteroatoms. The van der Waals surface area contributed by atoms with Crippen molar-refractivity contribution < 1.29 is 28.7 Å². The number of imide groups is 1. The molecule has 8 rings (SSSR count). The molecule has 1 aliphatic heterocycles. The van der Waals surface area contributed by atoms with Crippen LogP contribution in [0.2, 0.25) is 0 Å². The average molecular weight is 597 g/mol. The van der Waals surface area contributed by atoms with Crippen molar-refractivity contribution in [2.45, 2.75) is 32.6 Å². The maximum Gasteiger partial charge on any atom is 0.238 e. The standard InChI is InChI=1S/C37H28N2O6/c1-18-6-5-7-23(33(18)41)30-22-14-15-24-31(25(22)17-26-32(30)28(40)16-19(2)34(26)42)37(44)39(36(24)43)21-12-10-20(11-13-21)35-38-27-8-3-4-9-29(27)45-35/h3-14,16,24-25,30-31,41H,15,17H2,1-2H3/t24-,25+,30+,31-/m0/s1. The number of Topliss-reactive ketones (excluding diaryl/α,β-unsaturated/α-hetero) is 1. The van der Waals surface area contributed by atoms with Gasteiger partial charge in [-0.05, 0) is 80.6 Å². The molecular weight excluding hydrogens is 568 g/mol. The minimum atomic E-state index is -0.702. The van der Waals surface area contributed by atoms with Crippen LogP contribution < -0.4 is 4.90 Å². The molecule has 8 nitrogen and oxygen atoms in total. The largest absolute Gasteiger partial charge is 0.507 e. The number of hydrogen-bond acceptors (Lipinski definition) is 7. The number of carbonyl (C=O) groups is 4. The number of aryl methyl sites for hydroxylation is 1. The Hall–Kier alpha value is -5.37. The van der Waals surface area contributed by atoms with Crippen LogP contribution in [0.5, 0.6) is 5.75 Å². The number of para-hydroxylation sites is 3. The first-order chi connectivity index (χ1) is 21.7. The number of nitrogens with zero attached hydrogens (tertiary/aromatic N) is 2. The van der Waals surface area contributed by atoms with Gasteiger partial charge in [0.1, 0.15) is 11.3 Å². The highest BCUT2D eigenvalue weighted by Gasteiger charge is 2.56. The van der Waals surface area contributed by atoms with E-state index in [1.54, 1.807) is 50.2 Å². The summed E-state index contributed by atoms with van der Waals surface area (Å²) in [7, 11) is 0. The third-order valence-electron chi connectivity index (χ3n) is 9.81. The first kappa shape index (κ1) is 27.2. The van der Waals surface area contributed by atoms with Gasteiger partial charge in [0.05, 0.1) is 17.5 Å². The molecule has 222 valence electrons. The molecule has 1 saturated heterocycles. The molecule has 4 aromatic rings. The van der Waals surface area contributed by atoms with Gasteiger partial charge in [0, 0.05) is 33.8 Å². The third kappa shape index (κ3) is 3.94. The highest BCUT2D eigenvalue weighted by Crippen LogP contribution is 2.56. The maximum atomic E-state index is 14.2. The Morgan fingerprint density at radius 1 is 0.889 bits per heavy atom. The lowest BCUT2D eigenvalue weighted by Gasteiger charge is -2.42. The Labute approximate surface area is 258 Å². The van der Waals surface area contributed by atoms with Crippen molar-refractivity contribution in [3.63, 3.8) is 0 Å². The Kier molecular flexibility index (Phi) is 5.94. The molecular formula is C37H28N2O6. The van der Waals surface area contributed by atoms with E-state index < -0.39 is 23.7 Å². The Balaban J connectivity index is 1.17. The van der Waals surface area contributed by atoms with Crippen molar-refractivity contribution in [3.05, 3.63) is 112 Å². The average Bonchev–Trinajstić information content (AvgIpc) is 3.59. The summed E-state index contributed by atoms with van der Waals surface area (Å²) in [6, 6.07) is 19.8. The molecule has 0 saturated carbocycles. The molecule has 0 unspecified atom stereocenters. The highest BCUT2D eigenvalue weighted by atomic mass is 16.3. The van der Waals surface area contributed by atoms with Gasteiger partial charge in [0.25, 0.3) is 0 Å². The summed E-state index contributed by atoms with van der Waals surface area (Å²) < 4.78 is 5.88. The van der Waals surface area contributed by atoms with Crippen LogP contribution in [0.15, 0.2) is 106 Å². The van der Waals surface area contributed by atoms with Crippen molar-refractivity contribution in [3.8, 4) is 17.2 Å². The van der Waals surface area contributed by atoms with Gasteiger partial charge in [-0.3, -0.25) is 24.1 Å². The number of hydrogen-bond donors (Lipinski definition) is 1. The first-order valence-electron chi connectivity index (χ1n) is 15.1. The van der Waals surface area contributed by atoms with Crippen LogP contribution in [0.3, 0.4) is 0 Å². The fourth-order valence-electron chi connectivity index (χ4n) is 7.66. The summed E-state index contributed by atoms with van der Waals surface area (Å²) in [5.74, 6) is -3.07. The number of allylic oxidation sites excluding steroid dienone is 6. The lowest BCUT2D eigenvalue weighted by Crippen LogP contribution is -2.39. The molecule has 3 aliphatic carbocycles. The summed E-state index contributed by atoms with van der Waals surface area (Å²) in [6.45, 7) is 3.40. The number of fused-ring (bicyclic) bond motifs is 4. The molecule has 45 heavy (non-hydrogen) atoms. The second-order valence-electron chi connectivity index (χ2n) is 12.3. The zero-order chi connectivity index (χ0) is 31.1. The van der Waals surface area contributed by atoms with Crippen LogP contribution >= 0.6 is 0 Å². The predicted molar refractivity (Wildman–Crippen MR) is 166 cm³/mol. The van der Waals surface area contributed by atoms with E-state index in [0.29, 0.717) is 57.0 Å². The fourth-order valence-corrected chi connectivity index (χ4v) is 7.66. The van der Waals surface area contributed by atoms with Crippen LogP contribution in [0, 0.1) is 24.7 Å². The number of rotatable bonds is 3. The lowest BCUT2D eigenvalue weighted by atomic mass is 9.59. The van der Waals surface area contributed by atoms with Gasteiger partial charge in [-0.2, -0.15) is 0 Å². The summed E-state index contributed by atoms with van der Waals surface area (Å²) in [5.41, 5.74) is 5.62. The number of benzene rings is 3. The fraction of sp³-hybridized carbons (Fsp3) is 0.216. The van der Waals surface area contributed by atoms with Gasteiger partial charge in [0.2, 0.25) is 17.7 Å². The van der Waals surface area contributed by atoms with E-state index in [2.05, 4.69) is 4.98 Å². The third-order valence-corrected chi connectivity index (χ3v) is 9.81. The number of phenolic OH excluding ortho intramolecular Hbond substituents is 1. The number of amides is 2. The molecule has 0 bridgehead atoms. The van der Waals surface area contributed by atoms with Crippen LogP contribution in [0.25, 0.3) is 22.6 Å². The second-order valence-corrected chi connectivity index (χ2v) is 12.3. The summed E-state index contributed by atoms with van der Waals surface area (Å²) >= 11 is 0. The zero-order valence-corrected chi connectivity index (χ0v) is 24.6. The quantitative estimate of drug-likeness (QED) is 0.171. The van der Waals surface area contributed by atoms with Gasteiger partial charge in [-0.15, -0.1) is 0 Å². The summed E-state index contributed by atoms with van der Waals surface area (Å²) in [5, 5.41) is 11.2. The summed E-state index contributed by atoms with van der Waals surface area (Å²) in [4.78, 5) is 60.9. The number of ketones is 2. The zero-order valence-electron chi connectivity index (χ0n) is 24.6. The maximum absolute atomic E-state index is 14.2. The van der Waals surface area contributed by atoms with Crippen LogP contribution in [0.1, 0.15) is 36.8 Å². The lowest BCUT2D eigenvalue weighted by molar-refractivity contribution is -0.123. The number of carbonyl (C=O) groups excluding carboxylic acids is 4. The summed E-state index contributed by atoms with van der Waals surface area (Å²) in [6.07, 6.45) is 3.83. The molecule has 1 N–H and O–H groups in total. The monoisotopic (exact) mass is 596 g/mol.